The molecule has 1 N–H and O–H groups in total. The lowest BCUT2D eigenvalue weighted by atomic mass is 10.1. The van der Waals surface area contributed by atoms with E-state index in [-0.39, 0.29) is 17.9 Å². The number of carbonyl (C=O) groups is 2. The number of nitrogens with one attached hydrogen (secondary N) is 1. The van der Waals surface area contributed by atoms with E-state index in [1.165, 1.54) is 4.88 Å². The molecule has 1 aromatic heterocycles. The van der Waals surface area contributed by atoms with Crippen molar-refractivity contribution < 1.29 is 9.59 Å². The van der Waals surface area contributed by atoms with Gasteiger partial charge in [0.25, 0.3) is 0 Å². The summed E-state index contributed by atoms with van der Waals surface area (Å²) in [5.41, 5.74) is 1.48. The topological polar surface area (TPSA) is 52.7 Å². The van der Waals surface area contributed by atoms with Gasteiger partial charge in [0.2, 0.25) is 11.8 Å². The maximum atomic E-state index is 13.1. The van der Waals surface area contributed by atoms with Crippen molar-refractivity contribution >= 4 is 34.5 Å². The second-order valence-corrected chi connectivity index (χ2v) is 7.30. The third-order valence-electron chi connectivity index (χ3n) is 4.39. The van der Waals surface area contributed by atoms with Crippen molar-refractivity contribution in [1.29, 1.82) is 0 Å². The van der Waals surface area contributed by atoms with Crippen LogP contribution in [0.5, 0.6) is 0 Å². The molecule has 0 saturated carbocycles. The zero-order valence-electron chi connectivity index (χ0n) is 14.6. The van der Waals surface area contributed by atoms with Gasteiger partial charge in [-0.2, -0.15) is 0 Å². The van der Waals surface area contributed by atoms with Gasteiger partial charge in [0.05, 0.1) is 17.9 Å². The number of fused-ring (bicyclic) bond motifs is 1. The second-order valence-electron chi connectivity index (χ2n) is 6.26. The van der Waals surface area contributed by atoms with E-state index in [0.29, 0.717) is 18.7 Å². The molecule has 0 bridgehead atoms. The van der Waals surface area contributed by atoms with Gasteiger partial charge < -0.3 is 10.2 Å². The molecule has 2 amide bonds. The zero-order valence-corrected chi connectivity index (χ0v) is 15.4. The van der Waals surface area contributed by atoms with Crippen molar-refractivity contribution in [2.45, 2.75) is 32.9 Å². The van der Waals surface area contributed by atoms with Gasteiger partial charge in [-0.25, -0.2) is 0 Å². The van der Waals surface area contributed by atoms with E-state index in [2.05, 4.69) is 28.6 Å². The van der Waals surface area contributed by atoms with Crippen LogP contribution in [0.2, 0.25) is 0 Å². The molecule has 0 fully saturated rings. The Bertz CT molecular complexity index is 745. The largest absolute Gasteiger partial charge is 0.324 e. The first-order valence-electron chi connectivity index (χ1n) is 8.54. The highest BCUT2D eigenvalue weighted by Gasteiger charge is 2.30. The van der Waals surface area contributed by atoms with E-state index in [9.17, 15) is 9.59 Å². The Kier molecular flexibility index (Phi) is 5.50. The number of carbonyl (C=O) groups excluding carboxylic acids is 2. The summed E-state index contributed by atoms with van der Waals surface area (Å²) in [6.07, 6.45) is 0.303. The number of rotatable bonds is 5. The molecule has 0 unspecified atom stereocenters. The van der Waals surface area contributed by atoms with Gasteiger partial charge in [-0.1, -0.05) is 25.1 Å². The minimum Gasteiger partial charge on any atom is -0.324 e. The average molecular weight is 357 g/mol. The van der Waals surface area contributed by atoms with Gasteiger partial charge in [0, 0.05) is 23.9 Å². The lowest BCUT2D eigenvalue weighted by molar-refractivity contribution is -0.120. The minimum atomic E-state index is -0.170. The Morgan fingerprint density at radius 2 is 2.12 bits per heavy atom. The number of nitrogens with zero attached hydrogens (tertiary/aromatic N) is 2. The number of hydrogen-bond acceptors (Lipinski definition) is 4. The van der Waals surface area contributed by atoms with E-state index in [0.717, 1.165) is 18.8 Å². The average Bonchev–Trinajstić information content (AvgIpc) is 3.04. The summed E-state index contributed by atoms with van der Waals surface area (Å²) in [5.74, 6) is -0.0314. The number of anilines is 2. The van der Waals surface area contributed by atoms with Crippen molar-refractivity contribution in [1.82, 2.24) is 4.90 Å². The lowest BCUT2D eigenvalue weighted by Gasteiger charge is -2.30. The van der Waals surface area contributed by atoms with Crippen LogP contribution in [0.1, 0.15) is 25.1 Å². The Balaban J connectivity index is 1.80. The van der Waals surface area contributed by atoms with Crippen molar-refractivity contribution in [2.24, 2.45) is 0 Å². The van der Waals surface area contributed by atoms with Crippen LogP contribution in [0.25, 0.3) is 0 Å². The number of amides is 2. The van der Waals surface area contributed by atoms with E-state index in [4.69, 9.17) is 0 Å². The first kappa shape index (κ1) is 17.6. The summed E-state index contributed by atoms with van der Waals surface area (Å²) in [5, 5.41) is 4.95. The molecule has 25 heavy (non-hydrogen) atoms. The predicted octanol–water partition coefficient (Wildman–Crippen LogP) is 3.33. The van der Waals surface area contributed by atoms with Crippen LogP contribution in [0, 0.1) is 0 Å². The highest BCUT2D eigenvalue weighted by Crippen LogP contribution is 2.31. The summed E-state index contributed by atoms with van der Waals surface area (Å²) >= 11 is 1.70. The molecule has 6 heteroatoms. The lowest BCUT2D eigenvalue weighted by Crippen LogP contribution is -2.44. The standard InChI is InChI=1S/C19H23N3O2S/c1-3-21(12-15-7-6-10-25-15)13-19(24)22-14(2)11-18(23)20-16-8-4-5-9-17(16)22/h4-10,14H,3,11-13H2,1-2H3,(H,20,23)/t14-/m1/s1. The van der Waals surface area contributed by atoms with Gasteiger partial charge in [0.15, 0.2) is 0 Å². The second kappa shape index (κ2) is 7.80. The molecule has 1 aliphatic rings. The minimum absolute atomic E-state index is 0.0230. The zero-order chi connectivity index (χ0) is 17.8. The molecule has 5 nitrogen and oxygen atoms in total. The molecule has 0 radical (unpaired) electrons. The number of para-hydroxylation sites is 2. The fourth-order valence-electron chi connectivity index (χ4n) is 3.14. The maximum Gasteiger partial charge on any atom is 0.241 e. The molecule has 2 heterocycles. The van der Waals surface area contributed by atoms with E-state index < -0.39 is 0 Å². The van der Waals surface area contributed by atoms with Crippen LogP contribution < -0.4 is 10.2 Å². The number of benzene rings is 1. The number of hydrogen-bond donors (Lipinski definition) is 1. The van der Waals surface area contributed by atoms with Crippen LogP contribution >= 0.6 is 11.3 Å². The van der Waals surface area contributed by atoms with Gasteiger partial charge in [-0.05, 0) is 37.0 Å². The monoisotopic (exact) mass is 357 g/mol. The molecule has 0 spiro atoms. The van der Waals surface area contributed by atoms with E-state index in [1.54, 1.807) is 16.2 Å². The van der Waals surface area contributed by atoms with Gasteiger partial charge in [0.1, 0.15) is 0 Å². The van der Waals surface area contributed by atoms with E-state index in [1.807, 2.05) is 37.3 Å². The molecule has 132 valence electrons. The summed E-state index contributed by atoms with van der Waals surface area (Å²) < 4.78 is 0. The molecule has 0 aliphatic carbocycles. The van der Waals surface area contributed by atoms with Crippen molar-refractivity contribution in [3.05, 3.63) is 46.7 Å². The van der Waals surface area contributed by atoms with Crippen LogP contribution in [-0.4, -0.2) is 35.8 Å². The molecular weight excluding hydrogens is 334 g/mol. The summed E-state index contributed by atoms with van der Waals surface area (Å²) in [6, 6.07) is 11.4. The third-order valence-corrected chi connectivity index (χ3v) is 5.25. The van der Waals surface area contributed by atoms with Crippen LogP contribution in [-0.2, 0) is 16.1 Å². The molecule has 2 aromatic rings. The molecule has 3 rings (SSSR count). The van der Waals surface area contributed by atoms with Crippen molar-refractivity contribution in [2.75, 3.05) is 23.3 Å². The van der Waals surface area contributed by atoms with Crippen molar-refractivity contribution in [3.8, 4) is 0 Å². The molecule has 1 aliphatic heterocycles. The highest BCUT2D eigenvalue weighted by atomic mass is 32.1. The Labute approximate surface area is 152 Å². The van der Waals surface area contributed by atoms with Gasteiger partial charge >= 0.3 is 0 Å². The van der Waals surface area contributed by atoms with E-state index >= 15 is 0 Å². The SMILES string of the molecule is CCN(CC(=O)N1c2ccccc2NC(=O)C[C@H]1C)Cc1cccs1. The maximum absolute atomic E-state index is 13.1. The van der Waals surface area contributed by atoms with Crippen LogP contribution in [0.3, 0.4) is 0 Å². The normalized spacial score (nSPS) is 17.2. The Morgan fingerprint density at radius 1 is 1.32 bits per heavy atom. The number of likely N-dealkylation sites (N-methyl/N-ethyl adjacent to an activating group) is 1. The molecule has 1 atom stereocenters. The van der Waals surface area contributed by atoms with Gasteiger partial charge in [-0.15, -0.1) is 11.3 Å². The first-order chi connectivity index (χ1) is 12.1. The smallest absolute Gasteiger partial charge is 0.241 e. The quantitative estimate of drug-likeness (QED) is 0.893. The van der Waals surface area contributed by atoms with Crippen molar-refractivity contribution in [3.63, 3.8) is 0 Å². The molecular formula is C19H23N3O2S. The predicted molar refractivity (Wildman–Crippen MR) is 102 cm³/mol. The summed E-state index contributed by atoms with van der Waals surface area (Å²) in [6.45, 7) is 5.88. The number of thiophene rings is 1. The van der Waals surface area contributed by atoms with Crippen LogP contribution in [0.15, 0.2) is 41.8 Å². The fraction of sp³-hybridized carbons (Fsp3) is 0.368. The Morgan fingerprint density at radius 3 is 2.84 bits per heavy atom. The highest BCUT2D eigenvalue weighted by molar-refractivity contribution is 7.09. The van der Waals surface area contributed by atoms with Crippen LogP contribution in [0.4, 0.5) is 11.4 Å². The molecule has 1 aromatic carbocycles. The first-order valence-corrected chi connectivity index (χ1v) is 9.42. The summed E-state index contributed by atoms with van der Waals surface area (Å²) in [7, 11) is 0. The Hall–Kier alpha value is -2.18. The van der Waals surface area contributed by atoms with Gasteiger partial charge in [-0.3, -0.25) is 14.5 Å². The fourth-order valence-corrected chi connectivity index (χ4v) is 3.88. The summed E-state index contributed by atoms with van der Waals surface area (Å²) in [4.78, 5) is 30.3. The third kappa shape index (κ3) is 4.08. The molecule has 0 saturated heterocycles.